The van der Waals surface area contributed by atoms with Crippen LogP contribution in [-0.4, -0.2) is 6.61 Å². The van der Waals surface area contributed by atoms with Gasteiger partial charge in [0.25, 0.3) is 0 Å². The Balaban J connectivity index is 1.85. The molecule has 4 heteroatoms. The van der Waals surface area contributed by atoms with Gasteiger partial charge in [0.2, 0.25) is 0 Å². The molecule has 0 saturated heterocycles. The third kappa shape index (κ3) is 5.63. The molecule has 0 radical (unpaired) electrons. The van der Waals surface area contributed by atoms with Crippen molar-refractivity contribution in [1.29, 1.82) is 0 Å². The molecule has 0 aliphatic heterocycles. The highest BCUT2D eigenvalue weighted by atomic mass is 19.1. The summed E-state index contributed by atoms with van der Waals surface area (Å²) in [5, 5.41) is 3.45. The zero-order valence-electron chi connectivity index (χ0n) is 17.6. The molecule has 1 N–H and O–H groups in total. The molecule has 0 spiro atoms. The molecule has 0 bridgehead atoms. The van der Waals surface area contributed by atoms with Gasteiger partial charge in [-0.15, -0.1) is 6.58 Å². The van der Waals surface area contributed by atoms with Crippen LogP contribution in [0, 0.1) is 12.7 Å². The van der Waals surface area contributed by atoms with Crippen LogP contribution in [0.4, 0.5) is 10.1 Å². The Kier molecular flexibility index (Phi) is 7.50. The lowest BCUT2D eigenvalue weighted by Crippen LogP contribution is -2.06. The third-order valence-corrected chi connectivity index (χ3v) is 4.70. The Morgan fingerprint density at radius 2 is 1.83 bits per heavy atom. The number of hydrogen-bond acceptors (Lipinski definition) is 3. The summed E-state index contributed by atoms with van der Waals surface area (Å²) in [7, 11) is 0. The maximum Gasteiger partial charge on any atom is 0.165 e. The van der Waals surface area contributed by atoms with Gasteiger partial charge in [-0.3, -0.25) is 0 Å². The molecule has 0 unspecified atom stereocenters. The van der Waals surface area contributed by atoms with Crippen LogP contribution in [-0.2, 0) is 19.6 Å². The Labute approximate surface area is 178 Å². The molecule has 156 valence electrons. The molecular weight excluding hydrogens is 377 g/mol. The van der Waals surface area contributed by atoms with Crippen molar-refractivity contribution in [2.24, 2.45) is 0 Å². The van der Waals surface area contributed by atoms with Crippen LogP contribution in [0.15, 0.2) is 73.3 Å². The van der Waals surface area contributed by atoms with Crippen LogP contribution in [0.3, 0.4) is 0 Å². The van der Waals surface area contributed by atoms with E-state index in [2.05, 4.69) is 37.0 Å². The fourth-order valence-corrected chi connectivity index (χ4v) is 3.28. The van der Waals surface area contributed by atoms with Gasteiger partial charge in [-0.25, -0.2) is 4.39 Å². The second kappa shape index (κ2) is 10.5. The molecule has 0 fully saturated rings. The standard InChI is InChI=1S/C26H28FNO2/c1-4-9-21-15-20(17-28-23-12-8-10-19(3)14-23)16-25(29-5-2)26(21)30-18-22-11-6-7-13-24(22)27/h4,6-8,10-16,28H,1,5,9,17-18H2,2-3H3. The number of halogens is 1. The second-order valence-electron chi connectivity index (χ2n) is 7.11. The predicted octanol–water partition coefficient (Wildman–Crippen LogP) is 6.45. The maximum absolute atomic E-state index is 14.0. The largest absolute Gasteiger partial charge is 0.490 e. The van der Waals surface area contributed by atoms with E-state index in [9.17, 15) is 4.39 Å². The molecule has 0 heterocycles. The summed E-state index contributed by atoms with van der Waals surface area (Å²) < 4.78 is 25.9. The van der Waals surface area contributed by atoms with Gasteiger partial charge in [-0.2, -0.15) is 0 Å². The zero-order valence-corrected chi connectivity index (χ0v) is 17.6. The minimum absolute atomic E-state index is 0.137. The van der Waals surface area contributed by atoms with Gasteiger partial charge in [0, 0.05) is 23.4 Å². The fraction of sp³-hybridized carbons (Fsp3) is 0.231. The van der Waals surface area contributed by atoms with Gasteiger partial charge in [0.1, 0.15) is 12.4 Å². The van der Waals surface area contributed by atoms with Gasteiger partial charge in [-0.1, -0.05) is 36.4 Å². The minimum Gasteiger partial charge on any atom is -0.490 e. The van der Waals surface area contributed by atoms with Crippen molar-refractivity contribution in [3.63, 3.8) is 0 Å². The number of aryl methyl sites for hydroxylation is 1. The number of nitrogens with one attached hydrogen (secondary N) is 1. The first-order chi connectivity index (χ1) is 14.6. The van der Waals surface area contributed by atoms with Crippen molar-refractivity contribution < 1.29 is 13.9 Å². The normalized spacial score (nSPS) is 10.5. The average Bonchev–Trinajstić information content (AvgIpc) is 2.73. The smallest absolute Gasteiger partial charge is 0.165 e. The van der Waals surface area contributed by atoms with Crippen molar-refractivity contribution in [3.05, 3.63) is 101 Å². The zero-order chi connectivity index (χ0) is 21.3. The highest BCUT2D eigenvalue weighted by Gasteiger charge is 2.14. The van der Waals surface area contributed by atoms with E-state index >= 15 is 0 Å². The Hall–Kier alpha value is -3.27. The lowest BCUT2D eigenvalue weighted by molar-refractivity contribution is 0.263. The van der Waals surface area contributed by atoms with Crippen LogP contribution in [0.1, 0.15) is 29.2 Å². The number of anilines is 1. The van der Waals surface area contributed by atoms with Crippen molar-refractivity contribution in [2.45, 2.75) is 33.4 Å². The summed E-state index contributed by atoms with van der Waals surface area (Å²) in [5.74, 6) is 1.02. The van der Waals surface area contributed by atoms with Crippen LogP contribution >= 0.6 is 0 Å². The van der Waals surface area contributed by atoms with Crippen LogP contribution < -0.4 is 14.8 Å². The minimum atomic E-state index is -0.278. The number of rotatable bonds is 10. The molecule has 0 saturated carbocycles. The summed E-state index contributed by atoms with van der Waals surface area (Å²) in [6, 6.07) is 19.0. The quantitative estimate of drug-likeness (QED) is 0.393. The first kappa shape index (κ1) is 21.4. The average molecular weight is 406 g/mol. The molecule has 3 nitrogen and oxygen atoms in total. The Bertz CT molecular complexity index is 1000. The maximum atomic E-state index is 14.0. The van der Waals surface area contributed by atoms with Crippen molar-refractivity contribution in [3.8, 4) is 11.5 Å². The lowest BCUT2D eigenvalue weighted by atomic mass is 10.0. The second-order valence-corrected chi connectivity index (χ2v) is 7.11. The van der Waals surface area contributed by atoms with Gasteiger partial charge in [0.15, 0.2) is 11.5 Å². The highest BCUT2D eigenvalue weighted by molar-refractivity contribution is 5.52. The first-order valence-corrected chi connectivity index (χ1v) is 10.2. The van der Waals surface area contributed by atoms with Gasteiger partial charge in [0.05, 0.1) is 6.61 Å². The Morgan fingerprint density at radius 3 is 2.57 bits per heavy atom. The van der Waals surface area contributed by atoms with Crippen LogP contribution in [0.25, 0.3) is 0 Å². The lowest BCUT2D eigenvalue weighted by Gasteiger charge is -2.18. The molecule has 3 aromatic rings. The van der Waals surface area contributed by atoms with E-state index in [-0.39, 0.29) is 12.4 Å². The number of ether oxygens (including phenoxy) is 2. The van der Waals surface area contributed by atoms with Crippen molar-refractivity contribution >= 4 is 5.69 Å². The molecule has 0 atom stereocenters. The van der Waals surface area contributed by atoms with Crippen molar-refractivity contribution in [1.82, 2.24) is 0 Å². The first-order valence-electron chi connectivity index (χ1n) is 10.2. The SMILES string of the molecule is C=CCc1cc(CNc2cccc(C)c2)cc(OCC)c1OCc1ccccc1F. The third-order valence-electron chi connectivity index (χ3n) is 4.70. The summed E-state index contributed by atoms with van der Waals surface area (Å²) >= 11 is 0. The molecule has 0 amide bonds. The highest BCUT2D eigenvalue weighted by Crippen LogP contribution is 2.35. The van der Waals surface area contributed by atoms with Crippen LogP contribution in [0.2, 0.25) is 0 Å². The molecule has 0 aliphatic rings. The molecule has 0 aromatic heterocycles. The summed E-state index contributed by atoms with van der Waals surface area (Å²) in [4.78, 5) is 0. The molecule has 30 heavy (non-hydrogen) atoms. The van der Waals surface area contributed by atoms with E-state index in [0.29, 0.717) is 36.6 Å². The van der Waals surface area contributed by atoms with E-state index in [4.69, 9.17) is 9.47 Å². The summed E-state index contributed by atoms with van der Waals surface area (Å²) in [6.45, 7) is 9.18. The van der Waals surface area contributed by atoms with Gasteiger partial charge in [-0.05, 0) is 61.7 Å². The number of hydrogen-bond donors (Lipinski definition) is 1. The molecule has 3 rings (SSSR count). The topological polar surface area (TPSA) is 30.5 Å². The van der Waals surface area contributed by atoms with Crippen molar-refractivity contribution in [2.75, 3.05) is 11.9 Å². The van der Waals surface area contributed by atoms with E-state index in [1.165, 1.54) is 11.6 Å². The number of benzene rings is 3. The van der Waals surface area contributed by atoms with E-state index in [1.807, 2.05) is 31.2 Å². The molecular formula is C26H28FNO2. The van der Waals surface area contributed by atoms with Gasteiger partial charge >= 0.3 is 0 Å². The van der Waals surface area contributed by atoms with Gasteiger partial charge < -0.3 is 14.8 Å². The van der Waals surface area contributed by atoms with E-state index in [0.717, 1.165) is 16.8 Å². The molecule has 0 aliphatic carbocycles. The summed E-state index contributed by atoms with van der Waals surface area (Å²) in [6.07, 6.45) is 2.46. The predicted molar refractivity (Wildman–Crippen MR) is 121 cm³/mol. The summed E-state index contributed by atoms with van der Waals surface area (Å²) in [5.41, 5.74) is 4.83. The van der Waals surface area contributed by atoms with Crippen LogP contribution in [0.5, 0.6) is 11.5 Å². The monoisotopic (exact) mass is 405 g/mol. The van der Waals surface area contributed by atoms with E-state index in [1.54, 1.807) is 18.2 Å². The Morgan fingerprint density at radius 1 is 1.00 bits per heavy atom. The fourth-order valence-electron chi connectivity index (χ4n) is 3.28. The number of allylic oxidation sites excluding steroid dienone is 1. The van der Waals surface area contributed by atoms with E-state index < -0.39 is 0 Å². The molecule has 3 aromatic carbocycles.